The summed E-state index contributed by atoms with van der Waals surface area (Å²) in [5.74, 6) is 0. The third-order valence-corrected chi connectivity index (χ3v) is 11.4. The molecule has 0 amide bonds. The van der Waals surface area contributed by atoms with Crippen molar-refractivity contribution in [2.75, 3.05) is 0 Å². The lowest BCUT2D eigenvalue weighted by atomic mass is 9.77. The largest absolute Gasteiger partial charge is 0.456 e. The van der Waals surface area contributed by atoms with Crippen LogP contribution in [0.5, 0.6) is 0 Å². The fourth-order valence-corrected chi connectivity index (χ4v) is 8.17. The Labute approximate surface area is 353 Å². The van der Waals surface area contributed by atoms with E-state index in [9.17, 15) is 5.48 Å². The third kappa shape index (κ3) is 8.22. The van der Waals surface area contributed by atoms with Gasteiger partial charge >= 0.3 is 0 Å². The van der Waals surface area contributed by atoms with Gasteiger partial charge in [-0.2, -0.15) is 0 Å². The maximum Gasteiger partial charge on any atom is 0.136 e. The number of nitrogens with zero attached hydrogens (tertiary/aromatic N) is 3. The lowest BCUT2D eigenvalue weighted by molar-refractivity contribution is 0.512. The van der Waals surface area contributed by atoms with Gasteiger partial charge < -0.3 is 4.42 Å². The molecule has 0 saturated carbocycles. The number of furan rings is 1. The molecule has 0 aliphatic carbocycles. The molecule has 4 heteroatoms. The topological polar surface area (TPSA) is 51.8 Å². The number of aromatic nitrogens is 3. The van der Waals surface area contributed by atoms with Crippen LogP contribution in [0.1, 0.15) is 66.6 Å². The summed E-state index contributed by atoms with van der Waals surface area (Å²) >= 11 is 0. The smallest absolute Gasteiger partial charge is 0.136 e. The van der Waals surface area contributed by atoms with Crippen molar-refractivity contribution < 1.29 is 9.90 Å². The molecule has 4 nitrogen and oxygen atoms in total. The average Bonchev–Trinajstić information content (AvgIpc) is 3.68. The van der Waals surface area contributed by atoms with E-state index in [0.29, 0.717) is 18.5 Å². The first-order chi connectivity index (χ1) is 30.2. The average molecular weight is 772 g/mol. The fraction of sp³-hybridized carbons (Fsp3) is 0.182. The molecule has 0 spiro atoms. The van der Waals surface area contributed by atoms with Gasteiger partial charge in [0.1, 0.15) is 11.2 Å². The van der Waals surface area contributed by atoms with Gasteiger partial charge in [0, 0.05) is 51.5 Å². The monoisotopic (exact) mass is 771 g/mol. The maximum absolute atomic E-state index is 9.63. The van der Waals surface area contributed by atoms with Crippen LogP contribution in [0.15, 0.2) is 181 Å². The lowest BCUT2D eigenvalue weighted by Crippen LogP contribution is -2.23. The molecule has 0 unspecified atom stereocenters. The lowest BCUT2D eigenvalue weighted by Gasteiger charge is -2.28. The molecule has 0 bridgehead atoms. The zero-order chi connectivity index (χ0) is 44.0. The van der Waals surface area contributed by atoms with Crippen molar-refractivity contribution in [3.8, 4) is 33.8 Å². The number of aryl methyl sites for hydroxylation is 2. The van der Waals surface area contributed by atoms with E-state index in [1.165, 1.54) is 6.20 Å². The van der Waals surface area contributed by atoms with Gasteiger partial charge in [0.15, 0.2) is 0 Å². The second-order valence-electron chi connectivity index (χ2n) is 16.7. The first-order valence-electron chi connectivity index (χ1n) is 22.2. The molecule has 0 aliphatic heterocycles. The number of rotatable bonds is 12. The highest BCUT2D eigenvalue weighted by molar-refractivity contribution is 6.11. The molecule has 5 aromatic carbocycles. The first kappa shape index (κ1) is 33.3. The highest BCUT2D eigenvalue weighted by Crippen LogP contribution is 2.37. The molecule has 9 aromatic rings. The number of hydrogen-bond donors (Lipinski definition) is 0. The third-order valence-electron chi connectivity index (χ3n) is 11.4. The molecule has 4 heterocycles. The van der Waals surface area contributed by atoms with Crippen LogP contribution >= 0.6 is 0 Å². The SMILES string of the molecule is [2H]C([2H])(c1ccc(-c2cccc3oc4ccccc4c23)nc1)C([2H])([2H])c1cc(CC(C)(C)c2ccc(-c3ccccc3)nc2)cc(CC(C)(C)c2ccc(-c3ccccc3)nc2)c1. The second-order valence-corrected chi connectivity index (χ2v) is 16.7. The zero-order valence-corrected chi connectivity index (χ0v) is 33.9. The van der Waals surface area contributed by atoms with Crippen LogP contribution in [0.2, 0.25) is 0 Å². The van der Waals surface area contributed by atoms with Crippen LogP contribution < -0.4 is 0 Å². The quantitative estimate of drug-likeness (QED) is 0.124. The van der Waals surface area contributed by atoms with Crippen molar-refractivity contribution in [2.24, 2.45) is 0 Å². The molecule has 0 fully saturated rings. The standard InChI is InChI=1S/C55H49N3O/c1-54(2,44-25-28-48(57-36-44)42-14-7-5-8-15-42)33-40-30-39(31-41(32-40)34-55(3,4)45-26-29-49(58-37-45)43-16-9-6-10-17-43)23-22-38-24-27-50(56-35-38)46-19-13-21-52-53(46)47-18-11-12-20-51(47)59-52/h5-21,24-32,35-37H,22-23,33-34H2,1-4H3/i22D2,23D2. The summed E-state index contributed by atoms with van der Waals surface area (Å²) in [5, 5.41) is 1.91. The van der Waals surface area contributed by atoms with Crippen molar-refractivity contribution in [1.29, 1.82) is 0 Å². The second kappa shape index (κ2) is 15.9. The Balaban J connectivity index is 1.06. The van der Waals surface area contributed by atoms with E-state index in [1.54, 1.807) is 12.1 Å². The van der Waals surface area contributed by atoms with Crippen molar-refractivity contribution in [2.45, 2.75) is 64.1 Å². The number of hydrogen-bond acceptors (Lipinski definition) is 4. The minimum atomic E-state index is -2.44. The van der Waals surface area contributed by atoms with E-state index >= 15 is 0 Å². The molecule has 0 atom stereocenters. The van der Waals surface area contributed by atoms with E-state index in [1.807, 2.05) is 103 Å². The van der Waals surface area contributed by atoms with Gasteiger partial charge in [0.25, 0.3) is 0 Å². The van der Waals surface area contributed by atoms with Crippen LogP contribution in [0.4, 0.5) is 0 Å². The molecule has 59 heavy (non-hydrogen) atoms. The van der Waals surface area contributed by atoms with Gasteiger partial charge in [0.2, 0.25) is 0 Å². The fourth-order valence-electron chi connectivity index (χ4n) is 8.17. The Hall–Kier alpha value is -6.65. The van der Waals surface area contributed by atoms with Crippen LogP contribution in [0.25, 0.3) is 55.7 Å². The summed E-state index contributed by atoms with van der Waals surface area (Å²) < 4.78 is 44.3. The van der Waals surface area contributed by atoms with Crippen molar-refractivity contribution in [3.05, 3.63) is 210 Å². The predicted octanol–water partition coefficient (Wildman–Crippen LogP) is 13.6. The predicted molar refractivity (Wildman–Crippen MR) is 244 cm³/mol. The van der Waals surface area contributed by atoms with Gasteiger partial charge in [-0.3, -0.25) is 15.0 Å². The molecule has 0 saturated heterocycles. The molecular formula is C55H49N3O. The molecule has 0 aliphatic rings. The number of fused-ring (bicyclic) bond motifs is 3. The Bertz CT molecular complexity index is 2920. The minimum absolute atomic E-state index is 0.155. The summed E-state index contributed by atoms with van der Waals surface area (Å²) in [6.45, 7) is 8.71. The van der Waals surface area contributed by atoms with Gasteiger partial charge in [-0.1, -0.05) is 155 Å². The van der Waals surface area contributed by atoms with Crippen molar-refractivity contribution in [1.82, 2.24) is 15.0 Å². The summed E-state index contributed by atoms with van der Waals surface area (Å²) in [5.41, 5.74) is 10.6. The van der Waals surface area contributed by atoms with Gasteiger partial charge in [-0.05, 0) is 100 Å². The van der Waals surface area contributed by atoms with Gasteiger partial charge in [-0.25, -0.2) is 0 Å². The highest BCUT2D eigenvalue weighted by Gasteiger charge is 2.25. The Morgan fingerprint density at radius 1 is 0.458 bits per heavy atom. The van der Waals surface area contributed by atoms with Gasteiger partial charge in [0.05, 0.1) is 17.1 Å². The maximum atomic E-state index is 9.63. The Kier molecular flexibility index (Phi) is 9.01. The highest BCUT2D eigenvalue weighted by atomic mass is 16.3. The Morgan fingerprint density at radius 3 is 1.53 bits per heavy atom. The Morgan fingerprint density at radius 2 is 0.966 bits per heavy atom. The normalized spacial score (nSPS) is 13.5. The molecule has 4 aromatic heterocycles. The molecule has 290 valence electrons. The van der Waals surface area contributed by atoms with Crippen LogP contribution in [-0.2, 0) is 36.4 Å². The van der Waals surface area contributed by atoms with E-state index in [-0.39, 0.29) is 22.0 Å². The van der Waals surface area contributed by atoms with Crippen LogP contribution in [0, 0.1) is 0 Å². The van der Waals surface area contributed by atoms with Gasteiger partial charge in [-0.15, -0.1) is 0 Å². The number of para-hydroxylation sites is 1. The number of pyridine rings is 3. The van der Waals surface area contributed by atoms with Crippen molar-refractivity contribution in [3.63, 3.8) is 0 Å². The first-order valence-corrected chi connectivity index (χ1v) is 20.2. The summed E-state index contributed by atoms with van der Waals surface area (Å²) in [4.78, 5) is 14.4. The van der Waals surface area contributed by atoms with E-state index in [2.05, 4.69) is 82.3 Å². The van der Waals surface area contributed by atoms with E-state index < -0.39 is 12.7 Å². The van der Waals surface area contributed by atoms with E-state index in [0.717, 1.165) is 72.3 Å². The molecule has 0 N–H and O–H groups in total. The van der Waals surface area contributed by atoms with E-state index in [4.69, 9.17) is 19.4 Å². The van der Waals surface area contributed by atoms with Crippen LogP contribution in [0.3, 0.4) is 0 Å². The van der Waals surface area contributed by atoms with Crippen LogP contribution in [-0.4, -0.2) is 15.0 Å². The summed E-state index contributed by atoms with van der Waals surface area (Å²) in [6, 6.07) is 51.6. The summed E-state index contributed by atoms with van der Waals surface area (Å²) in [7, 11) is 0. The zero-order valence-electron chi connectivity index (χ0n) is 37.9. The number of benzene rings is 5. The minimum Gasteiger partial charge on any atom is -0.456 e. The van der Waals surface area contributed by atoms with Crippen molar-refractivity contribution >= 4 is 21.9 Å². The molecule has 9 rings (SSSR count). The summed E-state index contributed by atoms with van der Waals surface area (Å²) in [6.07, 6.45) is 1.63. The molecular weight excluding hydrogens is 719 g/mol. The molecule has 0 radical (unpaired) electrons.